The number of hydrogen-bond acceptors (Lipinski definition) is 7. The van der Waals surface area contributed by atoms with Crippen LogP contribution in [0.1, 0.15) is 18.5 Å². The van der Waals surface area contributed by atoms with Crippen molar-refractivity contribution in [1.29, 1.82) is 0 Å². The molecule has 0 fully saturated rings. The first kappa shape index (κ1) is 22.9. The number of nitro benzene ring substituents is 1. The second-order valence-electron chi connectivity index (χ2n) is 7.48. The molecule has 3 aromatic carbocycles. The van der Waals surface area contributed by atoms with Crippen LogP contribution in [0, 0.1) is 10.1 Å². The zero-order chi connectivity index (χ0) is 24.1. The number of rotatable bonds is 8. The molecule has 172 valence electrons. The predicted octanol–water partition coefficient (Wildman–Crippen LogP) is 5.03. The molecule has 2 N–H and O–H groups in total. The van der Waals surface area contributed by atoms with Crippen molar-refractivity contribution < 1.29 is 13.3 Å². The van der Waals surface area contributed by atoms with E-state index in [-0.39, 0.29) is 28.4 Å². The highest BCUT2D eigenvalue weighted by Gasteiger charge is 2.17. The molecule has 4 rings (SSSR count). The Hall–Kier alpha value is -4.31. The van der Waals surface area contributed by atoms with Crippen molar-refractivity contribution in [2.24, 2.45) is 0 Å². The Balaban J connectivity index is 1.45. The molecule has 0 saturated carbocycles. The van der Waals surface area contributed by atoms with Gasteiger partial charge in [0.1, 0.15) is 5.82 Å². The van der Waals surface area contributed by atoms with Gasteiger partial charge in [-0.1, -0.05) is 54.6 Å². The van der Waals surface area contributed by atoms with Crippen LogP contribution in [0.15, 0.2) is 96.0 Å². The van der Waals surface area contributed by atoms with E-state index in [4.69, 9.17) is 0 Å². The summed E-state index contributed by atoms with van der Waals surface area (Å²) in [6, 6.07) is 24.1. The third kappa shape index (κ3) is 5.36. The minimum absolute atomic E-state index is 0.0717. The summed E-state index contributed by atoms with van der Waals surface area (Å²) < 4.78 is 27.6. The summed E-state index contributed by atoms with van der Waals surface area (Å²) in [5, 5.41) is 14.0. The fourth-order valence-corrected chi connectivity index (χ4v) is 4.30. The van der Waals surface area contributed by atoms with Crippen LogP contribution in [-0.2, 0) is 10.0 Å². The molecule has 0 bridgehead atoms. The molecular weight excluding hydrogens is 454 g/mol. The van der Waals surface area contributed by atoms with Crippen LogP contribution in [0.5, 0.6) is 0 Å². The normalized spacial score (nSPS) is 12.0. The Morgan fingerprint density at radius 3 is 2.18 bits per heavy atom. The minimum atomic E-state index is -3.97. The van der Waals surface area contributed by atoms with Gasteiger partial charge in [0.05, 0.1) is 15.9 Å². The molecule has 0 radical (unpaired) electrons. The number of aromatic nitrogens is 2. The lowest BCUT2D eigenvalue weighted by Gasteiger charge is -2.15. The zero-order valence-corrected chi connectivity index (χ0v) is 18.9. The van der Waals surface area contributed by atoms with Crippen molar-refractivity contribution in [3.8, 4) is 11.1 Å². The van der Waals surface area contributed by atoms with Crippen molar-refractivity contribution in [1.82, 2.24) is 9.97 Å². The van der Waals surface area contributed by atoms with E-state index < -0.39 is 14.9 Å². The maximum atomic E-state index is 12.6. The highest BCUT2D eigenvalue weighted by molar-refractivity contribution is 7.92. The van der Waals surface area contributed by atoms with Crippen LogP contribution in [0.25, 0.3) is 11.1 Å². The fourth-order valence-electron chi connectivity index (χ4n) is 3.30. The number of non-ortho nitro benzene ring substituents is 1. The first-order valence-corrected chi connectivity index (χ1v) is 11.8. The lowest BCUT2D eigenvalue weighted by atomic mass is 10.0. The summed E-state index contributed by atoms with van der Waals surface area (Å²) in [5.74, 6) is 0.325. The van der Waals surface area contributed by atoms with Gasteiger partial charge in [-0.15, -0.1) is 0 Å². The molecule has 4 aromatic rings. The minimum Gasteiger partial charge on any atom is -0.348 e. The summed E-state index contributed by atoms with van der Waals surface area (Å²) in [6.07, 6.45) is 1.44. The van der Waals surface area contributed by atoms with E-state index in [0.717, 1.165) is 28.8 Å². The molecule has 0 aliphatic heterocycles. The van der Waals surface area contributed by atoms with Gasteiger partial charge >= 0.3 is 0 Å². The predicted molar refractivity (Wildman–Crippen MR) is 130 cm³/mol. The molecule has 10 heteroatoms. The molecule has 0 amide bonds. The average molecular weight is 476 g/mol. The second-order valence-corrected chi connectivity index (χ2v) is 9.16. The van der Waals surface area contributed by atoms with Crippen LogP contribution in [0.2, 0.25) is 0 Å². The van der Waals surface area contributed by atoms with E-state index in [1.807, 2.05) is 61.5 Å². The largest absolute Gasteiger partial charge is 0.348 e. The Morgan fingerprint density at radius 1 is 0.882 bits per heavy atom. The lowest BCUT2D eigenvalue weighted by molar-refractivity contribution is -0.384. The van der Waals surface area contributed by atoms with E-state index >= 15 is 0 Å². The van der Waals surface area contributed by atoms with E-state index in [9.17, 15) is 18.5 Å². The van der Waals surface area contributed by atoms with Gasteiger partial charge in [0.25, 0.3) is 15.7 Å². The van der Waals surface area contributed by atoms with Gasteiger partial charge in [0.2, 0.25) is 5.95 Å². The number of benzene rings is 3. The summed E-state index contributed by atoms with van der Waals surface area (Å²) in [7, 11) is -3.97. The molecule has 0 spiro atoms. The fraction of sp³-hybridized carbons (Fsp3) is 0.0833. The van der Waals surface area contributed by atoms with Crippen molar-refractivity contribution >= 4 is 27.5 Å². The topological polar surface area (TPSA) is 127 Å². The van der Waals surface area contributed by atoms with Crippen LogP contribution in [0.3, 0.4) is 0 Å². The van der Waals surface area contributed by atoms with Crippen molar-refractivity contribution in [3.63, 3.8) is 0 Å². The van der Waals surface area contributed by atoms with Crippen LogP contribution < -0.4 is 10.0 Å². The summed E-state index contributed by atoms with van der Waals surface area (Å²) in [5.41, 5.74) is 3.06. The van der Waals surface area contributed by atoms with Gasteiger partial charge in [0, 0.05) is 18.3 Å². The Bertz CT molecular complexity index is 1390. The monoisotopic (exact) mass is 475 g/mol. The summed E-state index contributed by atoms with van der Waals surface area (Å²) in [6.45, 7) is 1.95. The Kier molecular flexibility index (Phi) is 6.51. The molecule has 0 aliphatic rings. The first-order valence-electron chi connectivity index (χ1n) is 10.3. The number of nitrogens with zero attached hydrogens (tertiary/aromatic N) is 3. The van der Waals surface area contributed by atoms with Crippen molar-refractivity contribution in [2.75, 3.05) is 10.0 Å². The molecule has 0 aliphatic carbocycles. The van der Waals surface area contributed by atoms with Crippen LogP contribution in [-0.4, -0.2) is 23.3 Å². The smallest absolute Gasteiger partial charge is 0.269 e. The molecule has 1 heterocycles. The van der Waals surface area contributed by atoms with E-state index in [2.05, 4.69) is 20.0 Å². The standard InChI is InChI=1S/C24H21N5O4S/c1-17(18-7-9-20(10-8-18)19-5-3-2-4-6-19)26-24-25-16-15-23(27-24)28-34(32,33)22-13-11-21(12-14-22)29(30)31/h2-17H,1H3,(H2,25,26,27,28)/t17-/m0/s1. The van der Waals surface area contributed by atoms with Gasteiger partial charge in [-0.05, 0) is 41.8 Å². The van der Waals surface area contributed by atoms with Gasteiger partial charge in [-0.2, -0.15) is 4.98 Å². The number of anilines is 2. The molecule has 0 saturated heterocycles. The molecule has 1 aromatic heterocycles. The van der Waals surface area contributed by atoms with Crippen LogP contribution >= 0.6 is 0 Å². The van der Waals surface area contributed by atoms with Crippen LogP contribution in [0.4, 0.5) is 17.5 Å². The third-order valence-corrected chi connectivity index (χ3v) is 6.49. The van der Waals surface area contributed by atoms with Crippen molar-refractivity contribution in [3.05, 3.63) is 107 Å². The summed E-state index contributed by atoms with van der Waals surface area (Å²) >= 11 is 0. The van der Waals surface area contributed by atoms with Gasteiger partial charge in [0.15, 0.2) is 0 Å². The highest BCUT2D eigenvalue weighted by Crippen LogP contribution is 2.24. The quantitative estimate of drug-likeness (QED) is 0.270. The van der Waals surface area contributed by atoms with Gasteiger partial charge in [-0.3, -0.25) is 14.8 Å². The summed E-state index contributed by atoms with van der Waals surface area (Å²) in [4.78, 5) is 18.5. The second kappa shape index (κ2) is 9.67. The number of hydrogen-bond donors (Lipinski definition) is 2. The lowest BCUT2D eigenvalue weighted by Crippen LogP contribution is -2.15. The number of sulfonamides is 1. The number of nitro groups is 1. The van der Waals surface area contributed by atoms with Crippen molar-refractivity contribution in [2.45, 2.75) is 17.9 Å². The number of nitrogens with one attached hydrogen (secondary N) is 2. The maximum Gasteiger partial charge on any atom is 0.269 e. The third-order valence-electron chi connectivity index (χ3n) is 5.12. The SMILES string of the molecule is C[C@H](Nc1nccc(NS(=O)(=O)c2ccc([N+](=O)[O-])cc2)n1)c1ccc(-c2ccccc2)cc1. The molecular formula is C24H21N5O4S. The van der Waals surface area contributed by atoms with E-state index in [0.29, 0.717) is 0 Å². The Morgan fingerprint density at radius 2 is 1.53 bits per heavy atom. The molecule has 1 atom stereocenters. The van der Waals surface area contributed by atoms with Gasteiger partial charge < -0.3 is 5.32 Å². The molecule has 34 heavy (non-hydrogen) atoms. The molecule has 9 nitrogen and oxygen atoms in total. The highest BCUT2D eigenvalue weighted by atomic mass is 32.2. The van der Waals surface area contributed by atoms with E-state index in [1.165, 1.54) is 24.4 Å². The van der Waals surface area contributed by atoms with Gasteiger partial charge in [-0.25, -0.2) is 13.4 Å². The maximum absolute atomic E-state index is 12.6. The van der Waals surface area contributed by atoms with E-state index in [1.54, 1.807) is 0 Å². The molecule has 0 unspecified atom stereocenters. The Labute approximate surface area is 196 Å². The average Bonchev–Trinajstić information content (AvgIpc) is 2.84. The first-order chi connectivity index (χ1) is 16.3. The zero-order valence-electron chi connectivity index (χ0n) is 18.1.